The molecule has 6 heteroatoms. The number of hydrogen-bond acceptors (Lipinski definition) is 4. The van der Waals surface area contributed by atoms with Crippen LogP contribution in [-0.4, -0.2) is 4.98 Å². The van der Waals surface area contributed by atoms with Crippen LogP contribution in [0, 0.1) is 5.82 Å². The maximum absolute atomic E-state index is 13.0. The van der Waals surface area contributed by atoms with E-state index in [1.165, 1.54) is 18.2 Å². The Balaban J connectivity index is 2.09. The van der Waals surface area contributed by atoms with E-state index in [0.29, 0.717) is 11.6 Å². The van der Waals surface area contributed by atoms with Gasteiger partial charge in [0.15, 0.2) is 0 Å². The van der Waals surface area contributed by atoms with Gasteiger partial charge in [-0.2, -0.15) is 0 Å². The highest BCUT2D eigenvalue weighted by Gasteiger charge is 2.05. The van der Waals surface area contributed by atoms with E-state index in [-0.39, 0.29) is 11.6 Å². The van der Waals surface area contributed by atoms with Crippen molar-refractivity contribution in [2.75, 3.05) is 5.43 Å². The largest absolute Gasteiger partial charge is 0.489 e. The summed E-state index contributed by atoms with van der Waals surface area (Å²) < 4.78 is 18.4. The highest BCUT2D eigenvalue weighted by atomic mass is 35.5. The predicted molar refractivity (Wildman–Crippen MR) is 67.8 cm³/mol. The number of aromatic nitrogens is 1. The van der Waals surface area contributed by atoms with E-state index in [1.807, 2.05) is 6.07 Å². The molecule has 0 saturated heterocycles. The van der Waals surface area contributed by atoms with Crippen LogP contribution in [0.3, 0.4) is 0 Å². The molecule has 94 valence electrons. The molecule has 0 bridgehead atoms. The number of rotatable bonds is 4. The summed E-state index contributed by atoms with van der Waals surface area (Å²) in [5, 5.41) is 0.0239. The van der Waals surface area contributed by atoms with Crippen molar-refractivity contribution in [1.82, 2.24) is 4.98 Å². The molecule has 1 aromatic heterocycles. The molecule has 0 fully saturated rings. The van der Waals surface area contributed by atoms with Crippen molar-refractivity contribution in [2.24, 2.45) is 5.84 Å². The molecular formula is C12H11ClFN3O. The van der Waals surface area contributed by atoms with E-state index < -0.39 is 5.82 Å². The molecule has 0 aliphatic carbocycles. The van der Waals surface area contributed by atoms with Gasteiger partial charge in [-0.1, -0.05) is 17.7 Å². The predicted octanol–water partition coefficient (Wildman–Crippen LogP) is 2.74. The lowest BCUT2D eigenvalue weighted by molar-refractivity contribution is 0.306. The Kier molecular flexibility index (Phi) is 3.96. The molecule has 0 aliphatic rings. The minimum Gasteiger partial charge on any atom is -0.489 e. The Hall–Kier alpha value is -1.85. The molecule has 18 heavy (non-hydrogen) atoms. The van der Waals surface area contributed by atoms with Gasteiger partial charge < -0.3 is 10.2 Å². The molecule has 0 aliphatic heterocycles. The molecule has 0 amide bonds. The van der Waals surface area contributed by atoms with E-state index in [1.54, 1.807) is 12.3 Å². The summed E-state index contributed by atoms with van der Waals surface area (Å²) in [6, 6.07) is 7.78. The van der Waals surface area contributed by atoms with Crippen molar-refractivity contribution < 1.29 is 9.13 Å². The standard InChI is InChI=1S/C12H11ClFN3O/c13-10-6-9(3-4-11(10)14)18-7-8-2-1-5-16-12(8)17-15/h1-6H,7,15H2,(H,16,17). The fourth-order valence-electron chi connectivity index (χ4n) is 1.41. The highest BCUT2D eigenvalue weighted by Crippen LogP contribution is 2.22. The highest BCUT2D eigenvalue weighted by molar-refractivity contribution is 6.30. The maximum Gasteiger partial charge on any atom is 0.146 e. The van der Waals surface area contributed by atoms with Gasteiger partial charge in [0.05, 0.1) is 5.02 Å². The summed E-state index contributed by atoms with van der Waals surface area (Å²) in [5.74, 6) is 5.86. The quantitative estimate of drug-likeness (QED) is 0.661. The fraction of sp³-hybridized carbons (Fsp3) is 0.0833. The Morgan fingerprint density at radius 1 is 1.39 bits per heavy atom. The summed E-state index contributed by atoms with van der Waals surface area (Å²) >= 11 is 5.65. The van der Waals surface area contributed by atoms with Crippen molar-refractivity contribution in [1.29, 1.82) is 0 Å². The number of pyridine rings is 1. The number of ether oxygens (including phenoxy) is 1. The average molecular weight is 268 g/mol. The first-order valence-electron chi connectivity index (χ1n) is 5.19. The molecular weight excluding hydrogens is 257 g/mol. The smallest absolute Gasteiger partial charge is 0.146 e. The third-order valence-electron chi connectivity index (χ3n) is 2.31. The third kappa shape index (κ3) is 2.88. The molecule has 2 rings (SSSR count). The van der Waals surface area contributed by atoms with Gasteiger partial charge in [-0.05, 0) is 18.2 Å². The molecule has 1 aromatic carbocycles. The van der Waals surface area contributed by atoms with Crippen LogP contribution in [0.15, 0.2) is 36.5 Å². The SMILES string of the molecule is NNc1ncccc1COc1ccc(F)c(Cl)c1. The first kappa shape index (κ1) is 12.6. The number of hydrogen-bond donors (Lipinski definition) is 2. The lowest BCUT2D eigenvalue weighted by Gasteiger charge is -2.09. The lowest BCUT2D eigenvalue weighted by atomic mass is 10.2. The van der Waals surface area contributed by atoms with E-state index in [2.05, 4.69) is 10.4 Å². The van der Waals surface area contributed by atoms with Gasteiger partial charge in [0.1, 0.15) is 24.0 Å². The van der Waals surface area contributed by atoms with Crippen LogP contribution in [0.4, 0.5) is 10.2 Å². The minimum atomic E-state index is -0.477. The van der Waals surface area contributed by atoms with Gasteiger partial charge >= 0.3 is 0 Å². The van der Waals surface area contributed by atoms with E-state index in [4.69, 9.17) is 22.2 Å². The fourth-order valence-corrected chi connectivity index (χ4v) is 1.58. The van der Waals surface area contributed by atoms with Crippen LogP contribution < -0.4 is 16.0 Å². The molecule has 0 atom stereocenters. The topological polar surface area (TPSA) is 60.2 Å². The second-order valence-electron chi connectivity index (χ2n) is 3.52. The first-order valence-corrected chi connectivity index (χ1v) is 5.57. The van der Waals surface area contributed by atoms with Crippen molar-refractivity contribution in [2.45, 2.75) is 6.61 Å². The molecule has 4 nitrogen and oxygen atoms in total. The first-order chi connectivity index (χ1) is 8.70. The van der Waals surface area contributed by atoms with Gasteiger partial charge in [-0.15, -0.1) is 0 Å². The molecule has 0 unspecified atom stereocenters. The third-order valence-corrected chi connectivity index (χ3v) is 2.60. The molecule has 3 N–H and O–H groups in total. The van der Waals surface area contributed by atoms with Gasteiger partial charge in [0.2, 0.25) is 0 Å². The van der Waals surface area contributed by atoms with Crippen molar-refractivity contribution >= 4 is 17.4 Å². The van der Waals surface area contributed by atoms with Crippen molar-refractivity contribution in [3.63, 3.8) is 0 Å². The monoisotopic (exact) mass is 267 g/mol. The number of anilines is 1. The van der Waals surface area contributed by atoms with Crippen LogP contribution >= 0.6 is 11.6 Å². The van der Waals surface area contributed by atoms with Gasteiger partial charge in [0, 0.05) is 17.8 Å². The molecule has 2 aromatic rings. The Morgan fingerprint density at radius 3 is 2.94 bits per heavy atom. The van der Waals surface area contributed by atoms with Gasteiger partial charge in [0.25, 0.3) is 0 Å². The number of hydrazine groups is 1. The Labute approximate surface area is 109 Å². The minimum absolute atomic E-state index is 0.0239. The summed E-state index contributed by atoms with van der Waals surface area (Å²) in [7, 11) is 0. The van der Waals surface area contributed by atoms with E-state index in [0.717, 1.165) is 5.56 Å². The van der Waals surface area contributed by atoms with Crippen LogP contribution in [0.25, 0.3) is 0 Å². The number of benzene rings is 1. The van der Waals surface area contributed by atoms with E-state index >= 15 is 0 Å². The van der Waals surface area contributed by atoms with Crippen LogP contribution in [-0.2, 0) is 6.61 Å². The summed E-state index contributed by atoms with van der Waals surface area (Å²) in [5.41, 5.74) is 3.27. The second-order valence-corrected chi connectivity index (χ2v) is 3.93. The maximum atomic E-state index is 13.0. The van der Waals surface area contributed by atoms with Crippen LogP contribution in [0.2, 0.25) is 5.02 Å². The number of nitrogens with zero attached hydrogens (tertiary/aromatic N) is 1. The van der Waals surface area contributed by atoms with Gasteiger partial charge in [-0.3, -0.25) is 0 Å². The van der Waals surface area contributed by atoms with E-state index in [9.17, 15) is 4.39 Å². The number of nitrogens with one attached hydrogen (secondary N) is 1. The van der Waals surface area contributed by atoms with Crippen molar-refractivity contribution in [3.8, 4) is 5.75 Å². The lowest BCUT2D eigenvalue weighted by Crippen LogP contribution is -2.12. The zero-order valence-electron chi connectivity index (χ0n) is 9.36. The molecule has 0 spiro atoms. The number of nitrogen functional groups attached to an aromatic ring is 1. The zero-order chi connectivity index (χ0) is 13.0. The summed E-state index contributed by atoms with van der Waals surface area (Å²) in [6.07, 6.45) is 1.62. The second kappa shape index (κ2) is 5.66. The Bertz CT molecular complexity index is 551. The summed E-state index contributed by atoms with van der Waals surface area (Å²) in [6.45, 7) is 0.259. The number of nitrogens with two attached hydrogens (primary N) is 1. The van der Waals surface area contributed by atoms with Crippen LogP contribution in [0.1, 0.15) is 5.56 Å². The zero-order valence-corrected chi connectivity index (χ0v) is 10.1. The molecule has 1 heterocycles. The summed E-state index contributed by atoms with van der Waals surface area (Å²) in [4.78, 5) is 4.04. The van der Waals surface area contributed by atoms with Gasteiger partial charge in [-0.25, -0.2) is 15.2 Å². The normalized spacial score (nSPS) is 10.2. The number of halogens is 2. The van der Waals surface area contributed by atoms with Crippen molar-refractivity contribution in [3.05, 3.63) is 52.9 Å². The molecule has 0 radical (unpaired) electrons. The Morgan fingerprint density at radius 2 is 2.22 bits per heavy atom. The average Bonchev–Trinajstić information content (AvgIpc) is 2.40. The molecule has 0 saturated carbocycles. The van der Waals surface area contributed by atoms with Crippen LogP contribution in [0.5, 0.6) is 5.75 Å².